The molecule has 0 saturated carbocycles. The van der Waals surface area contributed by atoms with E-state index < -0.39 is 0 Å². The van der Waals surface area contributed by atoms with Crippen LogP contribution in [0.5, 0.6) is 0 Å². The molecule has 0 aliphatic rings. The second-order valence-corrected chi connectivity index (χ2v) is 5.21. The Hall–Kier alpha value is -2.18. The highest BCUT2D eigenvalue weighted by Crippen LogP contribution is 2.10. The SMILES string of the molecule is CC(C)(C)n1ccnc(NCCn2ccnn2)c1=O. The van der Waals surface area contributed by atoms with Crippen molar-refractivity contribution in [2.24, 2.45) is 0 Å². The van der Waals surface area contributed by atoms with Crippen LogP contribution in [0.2, 0.25) is 0 Å². The molecule has 2 aromatic heterocycles. The second kappa shape index (κ2) is 5.21. The van der Waals surface area contributed by atoms with Crippen molar-refractivity contribution in [3.8, 4) is 0 Å². The average Bonchev–Trinajstić information content (AvgIpc) is 2.83. The van der Waals surface area contributed by atoms with Gasteiger partial charge in [-0.25, -0.2) is 4.98 Å². The summed E-state index contributed by atoms with van der Waals surface area (Å²) in [6.07, 6.45) is 6.72. The van der Waals surface area contributed by atoms with Gasteiger partial charge in [0.1, 0.15) is 0 Å². The number of nitrogens with zero attached hydrogens (tertiary/aromatic N) is 5. The van der Waals surface area contributed by atoms with Crippen LogP contribution in [0.1, 0.15) is 20.8 Å². The van der Waals surface area contributed by atoms with E-state index >= 15 is 0 Å². The summed E-state index contributed by atoms with van der Waals surface area (Å²) in [6.45, 7) is 7.14. The van der Waals surface area contributed by atoms with Gasteiger partial charge in [0, 0.05) is 30.7 Å². The molecule has 0 fully saturated rings. The van der Waals surface area contributed by atoms with Crippen LogP contribution in [0, 0.1) is 0 Å². The molecule has 0 radical (unpaired) electrons. The maximum Gasteiger partial charge on any atom is 0.293 e. The standard InChI is InChI=1S/C12H18N6O/c1-12(2,3)18-9-5-14-10(11(18)19)13-4-7-17-8-6-15-16-17/h5-6,8-9H,4,7H2,1-3H3,(H,13,14). The minimum atomic E-state index is -0.262. The highest BCUT2D eigenvalue weighted by atomic mass is 16.1. The molecule has 102 valence electrons. The van der Waals surface area contributed by atoms with Gasteiger partial charge in [-0.15, -0.1) is 5.10 Å². The highest BCUT2D eigenvalue weighted by Gasteiger charge is 2.16. The zero-order valence-electron chi connectivity index (χ0n) is 11.4. The number of aromatic nitrogens is 5. The van der Waals surface area contributed by atoms with E-state index in [-0.39, 0.29) is 11.1 Å². The van der Waals surface area contributed by atoms with Gasteiger partial charge in [-0.05, 0) is 20.8 Å². The smallest absolute Gasteiger partial charge is 0.293 e. The molecule has 0 bridgehead atoms. The van der Waals surface area contributed by atoms with E-state index in [1.54, 1.807) is 34.0 Å². The monoisotopic (exact) mass is 262 g/mol. The molecule has 0 aliphatic heterocycles. The molecule has 0 aliphatic carbocycles. The molecular formula is C12H18N6O. The van der Waals surface area contributed by atoms with Gasteiger partial charge in [0.25, 0.3) is 5.56 Å². The van der Waals surface area contributed by atoms with Crippen LogP contribution < -0.4 is 10.9 Å². The van der Waals surface area contributed by atoms with Gasteiger partial charge in [0.15, 0.2) is 5.82 Å². The Kier molecular flexibility index (Phi) is 3.64. The summed E-state index contributed by atoms with van der Waals surface area (Å²) in [5, 5.41) is 10.6. The van der Waals surface area contributed by atoms with Crippen LogP contribution in [0.4, 0.5) is 5.82 Å². The minimum absolute atomic E-state index is 0.117. The maximum atomic E-state index is 12.2. The van der Waals surface area contributed by atoms with E-state index in [4.69, 9.17) is 0 Å². The molecule has 2 aromatic rings. The number of rotatable bonds is 4. The zero-order chi connectivity index (χ0) is 13.9. The predicted molar refractivity (Wildman–Crippen MR) is 72.0 cm³/mol. The van der Waals surface area contributed by atoms with Crippen molar-refractivity contribution in [1.29, 1.82) is 0 Å². The first-order valence-electron chi connectivity index (χ1n) is 6.14. The summed E-state index contributed by atoms with van der Waals surface area (Å²) >= 11 is 0. The van der Waals surface area contributed by atoms with Gasteiger partial charge in [0.2, 0.25) is 0 Å². The van der Waals surface area contributed by atoms with Crippen LogP contribution in [0.3, 0.4) is 0 Å². The lowest BCUT2D eigenvalue weighted by Gasteiger charge is -2.22. The predicted octanol–water partition coefficient (Wildman–Crippen LogP) is 0.702. The normalized spacial score (nSPS) is 11.5. The van der Waals surface area contributed by atoms with Crippen LogP contribution in [-0.2, 0) is 12.1 Å². The molecule has 2 heterocycles. The minimum Gasteiger partial charge on any atom is -0.364 e. The molecule has 19 heavy (non-hydrogen) atoms. The molecule has 0 saturated heterocycles. The molecule has 7 nitrogen and oxygen atoms in total. The van der Waals surface area contributed by atoms with E-state index in [9.17, 15) is 4.79 Å². The van der Waals surface area contributed by atoms with E-state index in [1.165, 1.54) is 0 Å². The van der Waals surface area contributed by atoms with E-state index in [0.717, 1.165) is 0 Å². The first kappa shape index (κ1) is 13.3. The van der Waals surface area contributed by atoms with E-state index in [1.807, 2.05) is 20.8 Å². The Labute approximate surface area is 111 Å². The summed E-state index contributed by atoms with van der Waals surface area (Å²) in [7, 11) is 0. The molecule has 0 atom stereocenters. The van der Waals surface area contributed by atoms with Crippen molar-refractivity contribution in [2.45, 2.75) is 32.9 Å². The molecule has 0 aromatic carbocycles. The molecule has 0 amide bonds. The summed E-state index contributed by atoms with van der Waals surface area (Å²) in [4.78, 5) is 16.3. The summed E-state index contributed by atoms with van der Waals surface area (Å²) < 4.78 is 3.36. The number of hydrogen-bond acceptors (Lipinski definition) is 5. The lowest BCUT2D eigenvalue weighted by Crippen LogP contribution is -2.35. The zero-order valence-corrected chi connectivity index (χ0v) is 11.4. The van der Waals surface area contributed by atoms with E-state index in [2.05, 4.69) is 20.6 Å². The third kappa shape index (κ3) is 3.18. The molecule has 7 heteroatoms. The average molecular weight is 262 g/mol. The summed E-state index contributed by atoms with van der Waals surface area (Å²) in [5.41, 5.74) is -0.379. The number of hydrogen-bond donors (Lipinski definition) is 1. The molecule has 0 unspecified atom stereocenters. The van der Waals surface area contributed by atoms with Crippen molar-refractivity contribution < 1.29 is 0 Å². The van der Waals surface area contributed by atoms with Crippen LogP contribution in [-0.4, -0.2) is 31.1 Å². The van der Waals surface area contributed by atoms with Crippen LogP contribution in [0.15, 0.2) is 29.6 Å². The quantitative estimate of drug-likeness (QED) is 0.877. The molecule has 1 N–H and O–H groups in total. The van der Waals surface area contributed by atoms with Gasteiger partial charge >= 0.3 is 0 Å². The Balaban J connectivity index is 2.07. The lowest BCUT2D eigenvalue weighted by atomic mass is 10.1. The van der Waals surface area contributed by atoms with Crippen LogP contribution in [0.25, 0.3) is 0 Å². The fourth-order valence-corrected chi connectivity index (χ4v) is 1.70. The third-order valence-corrected chi connectivity index (χ3v) is 2.67. The van der Waals surface area contributed by atoms with Gasteiger partial charge in [-0.1, -0.05) is 5.21 Å². The lowest BCUT2D eigenvalue weighted by molar-refractivity contribution is 0.383. The Morgan fingerprint density at radius 1 is 1.26 bits per heavy atom. The number of nitrogens with one attached hydrogen (secondary N) is 1. The van der Waals surface area contributed by atoms with Crippen molar-refractivity contribution in [3.63, 3.8) is 0 Å². The Bertz CT molecular complexity index is 581. The largest absolute Gasteiger partial charge is 0.364 e. The molecule has 2 rings (SSSR count). The van der Waals surface area contributed by atoms with Crippen molar-refractivity contribution in [3.05, 3.63) is 35.1 Å². The summed E-state index contributed by atoms with van der Waals surface area (Å²) in [6, 6.07) is 0. The summed E-state index contributed by atoms with van der Waals surface area (Å²) in [5.74, 6) is 0.359. The van der Waals surface area contributed by atoms with Gasteiger partial charge in [-0.2, -0.15) is 0 Å². The Morgan fingerprint density at radius 2 is 2.05 bits per heavy atom. The second-order valence-electron chi connectivity index (χ2n) is 5.21. The van der Waals surface area contributed by atoms with Crippen molar-refractivity contribution >= 4 is 5.82 Å². The first-order valence-corrected chi connectivity index (χ1v) is 6.14. The van der Waals surface area contributed by atoms with Gasteiger partial charge in [-0.3, -0.25) is 9.48 Å². The van der Waals surface area contributed by atoms with Gasteiger partial charge in [0.05, 0.1) is 12.7 Å². The van der Waals surface area contributed by atoms with E-state index in [0.29, 0.717) is 18.9 Å². The van der Waals surface area contributed by atoms with Crippen molar-refractivity contribution in [1.82, 2.24) is 24.5 Å². The maximum absolute atomic E-state index is 12.2. The fraction of sp³-hybridized carbons (Fsp3) is 0.500. The third-order valence-electron chi connectivity index (χ3n) is 2.67. The fourth-order valence-electron chi connectivity index (χ4n) is 1.70. The topological polar surface area (TPSA) is 77.6 Å². The number of anilines is 1. The van der Waals surface area contributed by atoms with Crippen molar-refractivity contribution in [2.75, 3.05) is 11.9 Å². The van der Waals surface area contributed by atoms with Gasteiger partial charge < -0.3 is 9.88 Å². The van der Waals surface area contributed by atoms with Crippen LogP contribution >= 0.6 is 0 Å². The Morgan fingerprint density at radius 3 is 2.68 bits per heavy atom. The molecule has 0 spiro atoms. The highest BCUT2D eigenvalue weighted by molar-refractivity contribution is 5.30. The first-order chi connectivity index (χ1) is 8.98. The molecular weight excluding hydrogens is 244 g/mol.